The fourth-order valence-corrected chi connectivity index (χ4v) is 2.94. The number of benzene rings is 1. The van der Waals surface area contributed by atoms with Crippen LogP contribution in [0.25, 0.3) is 21.9 Å². The van der Waals surface area contributed by atoms with Crippen LogP contribution in [0.3, 0.4) is 0 Å². The molecule has 5 nitrogen and oxygen atoms in total. The molecule has 0 fully saturated rings. The monoisotopic (exact) mass is 296 g/mol. The second-order valence-corrected chi connectivity index (χ2v) is 6.55. The molecule has 0 unspecified atom stereocenters. The quantitative estimate of drug-likeness (QED) is 0.746. The van der Waals surface area contributed by atoms with Gasteiger partial charge < -0.3 is 9.88 Å². The molecule has 0 spiro atoms. The minimum absolute atomic E-state index is 0.0538. The largest absolute Gasteiger partial charge is 0.323 e. The van der Waals surface area contributed by atoms with Gasteiger partial charge in [0, 0.05) is 17.8 Å². The fourth-order valence-electron chi connectivity index (χ4n) is 2.94. The molecule has 1 aromatic carbocycles. The van der Waals surface area contributed by atoms with Gasteiger partial charge >= 0.3 is 0 Å². The van der Waals surface area contributed by atoms with Crippen LogP contribution in [0.1, 0.15) is 33.5 Å². The normalized spacial score (nSPS) is 12.0. The number of aromatic nitrogens is 3. The van der Waals surface area contributed by atoms with Crippen molar-refractivity contribution in [1.29, 1.82) is 0 Å². The Hall–Kier alpha value is -2.43. The van der Waals surface area contributed by atoms with Crippen LogP contribution in [0.15, 0.2) is 24.3 Å². The number of nitrogens with one attached hydrogen (secondary N) is 1. The molecule has 3 rings (SSSR count). The smallest absolute Gasteiger partial charge is 0.222 e. The SMILES string of the molecule is CC(=O)Nc1ccc2ccc3c(nc(C)n3C(C)(C)C)c2n1. The van der Waals surface area contributed by atoms with Crippen LogP contribution in [0.5, 0.6) is 0 Å². The van der Waals surface area contributed by atoms with Crippen LogP contribution in [0, 0.1) is 6.92 Å². The fraction of sp³-hybridized carbons (Fsp3) is 0.353. The molecule has 0 radical (unpaired) electrons. The Labute approximate surface area is 129 Å². The Morgan fingerprint density at radius 2 is 1.77 bits per heavy atom. The minimum Gasteiger partial charge on any atom is -0.323 e. The van der Waals surface area contributed by atoms with Crippen molar-refractivity contribution in [1.82, 2.24) is 14.5 Å². The van der Waals surface area contributed by atoms with E-state index in [9.17, 15) is 4.79 Å². The second-order valence-electron chi connectivity index (χ2n) is 6.55. The maximum absolute atomic E-state index is 11.2. The molecule has 0 saturated heterocycles. The number of hydrogen-bond acceptors (Lipinski definition) is 3. The Balaban J connectivity index is 2.32. The molecule has 5 heteroatoms. The summed E-state index contributed by atoms with van der Waals surface area (Å²) in [7, 11) is 0. The average Bonchev–Trinajstić information content (AvgIpc) is 2.74. The molecule has 0 atom stereocenters. The molecule has 22 heavy (non-hydrogen) atoms. The third kappa shape index (κ3) is 2.32. The maximum Gasteiger partial charge on any atom is 0.222 e. The zero-order chi connectivity index (χ0) is 16.1. The van der Waals surface area contributed by atoms with Gasteiger partial charge in [0.25, 0.3) is 0 Å². The first kappa shape index (κ1) is 14.5. The van der Waals surface area contributed by atoms with Crippen molar-refractivity contribution in [3.05, 3.63) is 30.1 Å². The molecule has 2 heterocycles. The van der Waals surface area contributed by atoms with Gasteiger partial charge in [0.1, 0.15) is 22.7 Å². The first-order valence-corrected chi connectivity index (χ1v) is 7.34. The lowest BCUT2D eigenvalue weighted by Crippen LogP contribution is -2.22. The number of carbonyl (C=O) groups is 1. The van der Waals surface area contributed by atoms with E-state index in [0.717, 1.165) is 27.8 Å². The number of amides is 1. The summed E-state index contributed by atoms with van der Waals surface area (Å²) >= 11 is 0. The molecule has 3 aromatic rings. The summed E-state index contributed by atoms with van der Waals surface area (Å²) in [5.74, 6) is 1.38. The van der Waals surface area contributed by atoms with E-state index in [-0.39, 0.29) is 11.4 Å². The summed E-state index contributed by atoms with van der Waals surface area (Å²) in [5, 5.41) is 3.74. The number of hydrogen-bond donors (Lipinski definition) is 1. The molecule has 0 aliphatic rings. The Morgan fingerprint density at radius 1 is 1.09 bits per heavy atom. The van der Waals surface area contributed by atoms with Crippen LogP contribution in [-0.4, -0.2) is 20.4 Å². The van der Waals surface area contributed by atoms with E-state index in [0.29, 0.717) is 5.82 Å². The lowest BCUT2D eigenvalue weighted by atomic mass is 10.1. The predicted octanol–water partition coefficient (Wildman–Crippen LogP) is 3.61. The van der Waals surface area contributed by atoms with Crippen molar-refractivity contribution in [2.24, 2.45) is 0 Å². The number of anilines is 1. The lowest BCUT2D eigenvalue weighted by molar-refractivity contribution is -0.114. The van der Waals surface area contributed by atoms with E-state index in [2.05, 4.69) is 41.7 Å². The third-order valence-corrected chi connectivity index (χ3v) is 3.63. The van der Waals surface area contributed by atoms with Crippen molar-refractivity contribution in [3.63, 3.8) is 0 Å². The van der Waals surface area contributed by atoms with Gasteiger partial charge in [-0.05, 0) is 45.9 Å². The summed E-state index contributed by atoms with van der Waals surface area (Å²) in [5.41, 5.74) is 2.69. The first-order chi connectivity index (χ1) is 10.3. The molecule has 1 N–H and O–H groups in total. The van der Waals surface area contributed by atoms with Crippen LogP contribution >= 0.6 is 0 Å². The molecular weight excluding hydrogens is 276 g/mol. The zero-order valence-corrected chi connectivity index (χ0v) is 13.6. The van der Waals surface area contributed by atoms with Crippen LogP contribution in [0.4, 0.5) is 5.82 Å². The van der Waals surface area contributed by atoms with Gasteiger partial charge in [0.2, 0.25) is 5.91 Å². The Bertz CT molecular complexity index is 887. The minimum atomic E-state index is -0.129. The molecule has 1 amide bonds. The van der Waals surface area contributed by atoms with Crippen molar-refractivity contribution < 1.29 is 4.79 Å². The first-order valence-electron chi connectivity index (χ1n) is 7.34. The van der Waals surface area contributed by atoms with Gasteiger partial charge in [0.05, 0.1) is 5.52 Å². The number of carbonyl (C=O) groups excluding carboxylic acids is 1. The van der Waals surface area contributed by atoms with Gasteiger partial charge in [0.15, 0.2) is 0 Å². The van der Waals surface area contributed by atoms with Crippen molar-refractivity contribution in [3.8, 4) is 0 Å². The predicted molar refractivity (Wildman–Crippen MR) is 89.1 cm³/mol. The van der Waals surface area contributed by atoms with Crippen LogP contribution < -0.4 is 5.32 Å². The highest BCUT2D eigenvalue weighted by Crippen LogP contribution is 2.29. The maximum atomic E-state index is 11.2. The van der Waals surface area contributed by atoms with Crippen LogP contribution in [0.2, 0.25) is 0 Å². The summed E-state index contributed by atoms with van der Waals surface area (Å²) in [6.07, 6.45) is 0. The number of fused-ring (bicyclic) bond motifs is 3. The van der Waals surface area contributed by atoms with Crippen LogP contribution in [-0.2, 0) is 10.3 Å². The molecule has 2 aromatic heterocycles. The Morgan fingerprint density at radius 3 is 2.41 bits per heavy atom. The highest BCUT2D eigenvalue weighted by molar-refractivity contribution is 6.03. The summed E-state index contributed by atoms with van der Waals surface area (Å²) < 4.78 is 2.22. The Kier molecular flexibility index (Phi) is 3.16. The van der Waals surface area contributed by atoms with Crippen molar-refractivity contribution in [2.45, 2.75) is 40.2 Å². The van der Waals surface area contributed by atoms with E-state index in [1.807, 2.05) is 25.1 Å². The number of rotatable bonds is 1. The van der Waals surface area contributed by atoms with E-state index >= 15 is 0 Å². The number of nitrogens with zero attached hydrogens (tertiary/aromatic N) is 3. The molecular formula is C17H20N4O. The highest BCUT2D eigenvalue weighted by Gasteiger charge is 2.20. The molecule has 0 aliphatic carbocycles. The zero-order valence-electron chi connectivity index (χ0n) is 13.6. The van der Waals surface area contributed by atoms with E-state index in [1.54, 1.807) is 0 Å². The summed E-state index contributed by atoms with van der Waals surface area (Å²) in [4.78, 5) is 20.5. The summed E-state index contributed by atoms with van der Waals surface area (Å²) in [6.45, 7) is 9.96. The van der Waals surface area contributed by atoms with Gasteiger partial charge in [-0.2, -0.15) is 0 Å². The topological polar surface area (TPSA) is 59.8 Å². The summed E-state index contributed by atoms with van der Waals surface area (Å²) in [6, 6.07) is 7.90. The number of aryl methyl sites for hydroxylation is 1. The second kappa shape index (κ2) is 4.80. The van der Waals surface area contributed by atoms with E-state index in [1.165, 1.54) is 6.92 Å². The molecule has 0 aliphatic heterocycles. The van der Waals surface area contributed by atoms with Gasteiger partial charge in [-0.3, -0.25) is 4.79 Å². The van der Waals surface area contributed by atoms with E-state index < -0.39 is 0 Å². The standard InChI is InChI=1S/C17H20N4O/c1-10-18-16-13(21(10)17(3,4)5)8-6-12-7-9-14(19-11(2)22)20-15(12)16/h6-9H,1-5H3,(H,19,20,22). The molecule has 114 valence electrons. The molecule has 0 saturated carbocycles. The van der Waals surface area contributed by atoms with Crippen molar-refractivity contribution in [2.75, 3.05) is 5.32 Å². The van der Waals surface area contributed by atoms with Crippen molar-refractivity contribution >= 4 is 33.7 Å². The number of imidazole rings is 1. The molecule has 0 bridgehead atoms. The average molecular weight is 296 g/mol. The number of pyridine rings is 1. The highest BCUT2D eigenvalue weighted by atomic mass is 16.1. The lowest BCUT2D eigenvalue weighted by Gasteiger charge is -2.23. The van der Waals surface area contributed by atoms with Gasteiger partial charge in [-0.1, -0.05) is 6.07 Å². The third-order valence-electron chi connectivity index (χ3n) is 3.63. The van der Waals surface area contributed by atoms with Gasteiger partial charge in [-0.15, -0.1) is 0 Å². The van der Waals surface area contributed by atoms with Gasteiger partial charge in [-0.25, -0.2) is 9.97 Å². The van der Waals surface area contributed by atoms with E-state index in [4.69, 9.17) is 4.98 Å².